The number of carbonyl (C=O) groups excluding carboxylic acids is 1. The minimum atomic E-state index is -0.321. The van der Waals surface area contributed by atoms with E-state index in [0.717, 1.165) is 6.42 Å². The third kappa shape index (κ3) is 5.75. The number of amides is 1. The predicted octanol–water partition coefficient (Wildman–Crippen LogP) is 3.15. The van der Waals surface area contributed by atoms with Crippen LogP contribution < -0.4 is 10.1 Å². The molecule has 124 valence electrons. The van der Waals surface area contributed by atoms with Crippen LogP contribution in [0.1, 0.15) is 29.7 Å². The maximum Gasteiger partial charge on any atom is 0.286 e. The first-order chi connectivity index (χ1) is 11.2. The van der Waals surface area contributed by atoms with Crippen LogP contribution in [0.5, 0.6) is 5.75 Å². The van der Waals surface area contributed by atoms with E-state index in [2.05, 4.69) is 5.32 Å². The van der Waals surface area contributed by atoms with Crippen LogP contribution in [-0.4, -0.2) is 25.7 Å². The lowest BCUT2D eigenvalue weighted by Crippen LogP contribution is -2.24. The smallest absolute Gasteiger partial charge is 0.286 e. The lowest BCUT2D eigenvalue weighted by molar-refractivity contribution is 0.0913. The van der Waals surface area contributed by atoms with Crippen molar-refractivity contribution in [2.24, 2.45) is 0 Å². The van der Waals surface area contributed by atoms with Crippen LogP contribution in [0.25, 0.3) is 0 Å². The summed E-state index contributed by atoms with van der Waals surface area (Å²) in [4.78, 5) is 11.9. The SMILES string of the molecule is CCOCCCNC(=O)c1ccc(COc2ccc(F)cc2)o1. The maximum atomic E-state index is 12.8. The Morgan fingerprint density at radius 2 is 2.00 bits per heavy atom. The van der Waals surface area contributed by atoms with Gasteiger partial charge in [-0.25, -0.2) is 4.39 Å². The molecule has 1 heterocycles. The van der Waals surface area contributed by atoms with Crippen molar-refractivity contribution in [1.29, 1.82) is 0 Å². The van der Waals surface area contributed by atoms with Gasteiger partial charge in [0.25, 0.3) is 5.91 Å². The number of benzene rings is 1. The molecule has 1 N–H and O–H groups in total. The average molecular weight is 321 g/mol. The molecule has 0 bridgehead atoms. The summed E-state index contributed by atoms with van der Waals surface area (Å²) in [5, 5.41) is 2.76. The summed E-state index contributed by atoms with van der Waals surface area (Å²) < 4.78 is 28.9. The molecule has 0 fully saturated rings. The Balaban J connectivity index is 1.76. The monoisotopic (exact) mass is 321 g/mol. The van der Waals surface area contributed by atoms with Crippen LogP contribution in [-0.2, 0) is 11.3 Å². The molecule has 23 heavy (non-hydrogen) atoms. The molecule has 0 radical (unpaired) electrons. The van der Waals surface area contributed by atoms with Crippen molar-refractivity contribution in [3.8, 4) is 5.75 Å². The average Bonchev–Trinajstić information content (AvgIpc) is 3.03. The highest BCUT2D eigenvalue weighted by Crippen LogP contribution is 2.15. The molecular formula is C17H20FNO4. The molecule has 6 heteroatoms. The summed E-state index contributed by atoms with van der Waals surface area (Å²) in [6.45, 7) is 3.91. The van der Waals surface area contributed by atoms with Gasteiger partial charge in [-0.05, 0) is 49.7 Å². The lowest BCUT2D eigenvalue weighted by Gasteiger charge is -2.04. The molecule has 1 aromatic heterocycles. The van der Waals surface area contributed by atoms with Gasteiger partial charge in [-0.3, -0.25) is 4.79 Å². The topological polar surface area (TPSA) is 60.7 Å². The molecule has 0 unspecified atom stereocenters. The largest absolute Gasteiger partial charge is 0.486 e. The third-order valence-corrected chi connectivity index (χ3v) is 3.04. The van der Waals surface area contributed by atoms with Gasteiger partial charge in [0.1, 0.15) is 23.9 Å². The molecule has 2 aromatic rings. The Hall–Kier alpha value is -2.34. The summed E-state index contributed by atoms with van der Waals surface area (Å²) in [7, 11) is 0. The highest BCUT2D eigenvalue weighted by atomic mass is 19.1. The Morgan fingerprint density at radius 3 is 2.74 bits per heavy atom. The van der Waals surface area contributed by atoms with Crippen LogP contribution in [0.2, 0.25) is 0 Å². The summed E-state index contributed by atoms with van der Waals surface area (Å²) in [6.07, 6.45) is 0.751. The summed E-state index contributed by atoms with van der Waals surface area (Å²) in [6, 6.07) is 8.98. The molecule has 1 aromatic carbocycles. The number of furan rings is 1. The van der Waals surface area contributed by atoms with E-state index < -0.39 is 0 Å². The van der Waals surface area contributed by atoms with E-state index >= 15 is 0 Å². The van der Waals surface area contributed by atoms with Crippen molar-refractivity contribution in [2.45, 2.75) is 20.0 Å². The zero-order chi connectivity index (χ0) is 16.5. The van der Waals surface area contributed by atoms with Crippen molar-refractivity contribution >= 4 is 5.91 Å². The Labute approximate surface area is 134 Å². The first-order valence-corrected chi connectivity index (χ1v) is 7.52. The normalized spacial score (nSPS) is 10.5. The molecule has 5 nitrogen and oxygen atoms in total. The molecule has 0 spiro atoms. The second kappa shape index (κ2) is 8.95. The van der Waals surface area contributed by atoms with Gasteiger partial charge in [-0.2, -0.15) is 0 Å². The van der Waals surface area contributed by atoms with Crippen molar-refractivity contribution in [2.75, 3.05) is 19.8 Å². The van der Waals surface area contributed by atoms with E-state index in [1.807, 2.05) is 6.92 Å². The molecule has 0 aliphatic rings. The van der Waals surface area contributed by atoms with Crippen molar-refractivity contribution in [3.63, 3.8) is 0 Å². The van der Waals surface area contributed by atoms with Gasteiger partial charge < -0.3 is 19.2 Å². The van der Waals surface area contributed by atoms with Gasteiger partial charge >= 0.3 is 0 Å². The third-order valence-electron chi connectivity index (χ3n) is 3.04. The fraction of sp³-hybridized carbons (Fsp3) is 0.353. The molecule has 1 amide bonds. The molecule has 0 atom stereocenters. The molecule has 2 rings (SSSR count). The fourth-order valence-corrected chi connectivity index (χ4v) is 1.87. The molecule has 0 aliphatic heterocycles. The van der Waals surface area contributed by atoms with Crippen molar-refractivity contribution in [3.05, 3.63) is 53.7 Å². The standard InChI is InChI=1S/C17H20FNO4/c1-2-21-11-3-10-19-17(20)16-9-8-15(23-16)12-22-14-6-4-13(18)5-7-14/h4-9H,2-3,10-12H2,1H3,(H,19,20). The minimum absolute atomic E-state index is 0.170. The van der Waals surface area contributed by atoms with E-state index in [0.29, 0.717) is 31.3 Å². The fourth-order valence-electron chi connectivity index (χ4n) is 1.87. The Bertz CT molecular complexity index is 609. The molecule has 0 aliphatic carbocycles. The van der Waals surface area contributed by atoms with Gasteiger partial charge in [-0.15, -0.1) is 0 Å². The number of halogens is 1. The predicted molar refractivity (Wildman–Crippen MR) is 82.9 cm³/mol. The van der Waals surface area contributed by atoms with Gasteiger partial charge in [0.05, 0.1) is 0 Å². The molecule has 0 saturated heterocycles. The van der Waals surface area contributed by atoms with E-state index in [1.165, 1.54) is 24.3 Å². The highest BCUT2D eigenvalue weighted by Gasteiger charge is 2.11. The number of nitrogens with one attached hydrogen (secondary N) is 1. The molecule has 0 saturated carbocycles. The summed E-state index contributed by atoms with van der Waals surface area (Å²) in [5.74, 6) is 0.700. The van der Waals surface area contributed by atoms with Gasteiger partial charge in [0.15, 0.2) is 5.76 Å². The number of hydrogen-bond acceptors (Lipinski definition) is 4. The van der Waals surface area contributed by atoms with E-state index in [-0.39, 0.29) is 24.1 Å². The first kappa shape index (κ1) is 17.0. The van der Waals surface area contributed by atoms with Crippen LogP contribution >= 0.6 is 0 Å². The van der Waals surface area contributed by atoms with E-state index in [1.54, 1.807) is 12.1 Å². The van der Waals surface area contributed by atoms with Crippen LogP contribution in [0.3, 0.4) is 0 Å². The number of rotatable bonds is 9. The van der Waals surface area contributed by atoms with Crippen LogP contribution in [0.15, 0.2) is 40.8 Å². The number of ether oxygens (including phenoxy) is 2. The quantitative estimate of drug-likeness (QED) is 0.721. The maximum absolute atomic E-state index is 12.8. The van der Waals surface area contributed by atoms with Crippen LogP contribution in [0.4, 0.5) is 4.39 Å². The highest BCUT2D eigenvalue weighted by molar-refractivity contribution is 5.91. The number of hydrogen-bond donors (Lipinski definition) is 1. The number of carbonyl (C=O) groups is 1. The second-order valence-corrected chi connectivity index (χ2v) is 4.81. The van der Waals surface area contributed by atoms with Gasteiger partial charge in [-0.1, -0.05) is 0 Å². The second-order valence-electron chi connectivity index (χ2n) is 4.81. The van der Waals surface area contributed by atoms with Crippen LogP contribution in [0, 0.1) is 5.82 Å². The van der Waals surface area contributed by atoms with Crippen molar-refractivity contribution in [1.82, 2.24) is 5.32 Å². The lowest BCUT2D eigenvalue weighted by atomic mass is 10.3. The Morgan fingerprint density at radius 1 is 1.22 bits per heavy atom. The minimum Gasteiger partial charge on any atom is -0.486 e. The molecular weight excluding hydrogens is 301 g/mol. The van der Waals surface area contributed by atoms with Gasteiger partial charge in [0.2, 0.25) is 0 Å². The first-order valence-electron chi connectivity index (χ1n) is 7.52. The van der Waals surface area contributed by atoms with Gasteiger partial charge in [0, 0.05) is 19.8 Å². The zero-order valence-corrected chi connectivity index (χ0v) is 13.0. The van der Waals surface area contributed by atoms with Crippen molar-refractivity contribution < 1.29 is 23.1 Å². The summed E-state index contributed by atoms with van der Waals surface area (Å²) in [5.41, 5.74) is 0. The Kier molecular flexibility index (Phi) is 6.62. The van der Waals surface area contributed by atoms with E-state index in [9.17, 15) is 9.18 Å². The summed E-state index contributed by atoms with van der Waals surface area (Å²) >= 11 is 0. The zero-order valence-electron chi connectivity index (χ0n) is 13.0. The van der Waals surface area contributed by atoms with E-state index in [4.69, 9.17) is 13.9 Å².